The molecule has 136 valence electrons. The number of imidazole rings is 1. The molecule has 9 heteroatoms. The second-order valence-electron chi connectivity index (χ2n) is 6.56. The van der Waals surface area contributed by atoms with Crippen molar-refractivity contribution in [3.63, 3.8) is 0 Å². The third-order valence-corrected chi connectivity index (χ3v) is 4.94. The molecule has 0 aromatic carbocycles. The number of anilines is 1. The van der Waals surface area contributed by atoms with E-state index in [4.69, 9.17) is 0 Å². The molecule has 9 nitrogen and oxygen atoms in total. The van der Waals surface area contributed by atoms with Crippen LogP contribution in [0.15, 0.2) is 31.1 Å². The van der Waals surface area contributed by atoms with E-state index >= 15 is 0 Å². The van der Waals surface area contributed by atoms with Crippen molar-refractivity contribution in [1.82, 2.24) is 29.7 Å². The number of rotatable bonds is 3. The smallest absolute Gasteiger partial charge is 0.227 e. The Kier molecular flexibility index (Phi) is 4.51. The predicted molar refractivity (Wildman–Crippen MR) is 93.7 cm³/mol. The molecule has 2 saturated heterocycles. The Morgan fingerprint density at radius 2 is 1.96 bits per heavy atom. The molecule has 0 spiro atoms. The van der Waals surface area contributed by atoms with Crippen molar-refractivity contribution < 1.29 is 9.59 Å². The molecule has 1 atom stereocenters. The van der Waals surface area contributed by atoms with E-state index < -0.39 is 0 Å². The van der Waals surface area contributed by atoms with Gasteiger partial charge in [0.15, 0.2) is 0 Å². The van der Waals surface area contributed by atoms with Crippen molar-refractivity contribution >= 4 is 17.6 Å². The SMILES string of the molecule is O=C1CCC(C(=O)N2CCN(c3cc(-n4ccnc4)ncn3)CC2)CN1. The molecule has 0 radical (unpaired) electrons. The second-order valence-corrected chi connectivity index (χ2v) is 6.56. The van der Waals surface area contributed by atoms with Crippen LogP contribution in [-0.2, 0) is 9.59 Å². The topological polar surface area (TPSA) is 96.3 Å². The van der Waals surface area contributed by atoms with E-state index in [0.29, 0.717) is 32.5 Å². The molecule has 1 unspecified atom stereocenters. The number of hydrogen-bond acceptors (Lipinski definition) is 6. The first kappa shape index (κ1) is 16.5. The maximum atomic E-state index is 12.6. The molecule has 26 heavy (non-hydrogen) atoms. The van der Waals surface area contributed by atoms with E-state index in [0.717, 1.165) is 24.7 Å². The van der Waals surface area contributed by atoms with Crippen LogP contribution in [-0.4, -0.2) is 69.0 Å². The maximum Gasteiger partial charge on any atom is 0.227 e. The second kappa shape index (κ2) is 7.11. The van der Waals surface area contributed by atoms with Gasteiger partial charge in [0.05, 0.1) is 5.92 Å². The highest BCUT2D eigenvalue weighted by molar-refractivity contribution is 5.84. The van der Waals surface area contributed by atoms with E-state index in [1.807, 2.05) is 21.7 Å². The molecular weight excluding hydrogens is 334 g/mol. The van der Waals surface area contributed by atoms with Gasteiger partial charge in [-0.05, 0) is 6.42 Å². The zero-order valence-corrected chi connectivity index (χ0v) is 14.4. The Hall–Kier alpha value is -2.97. The van der Waals surface area contributed by atoms with Crippen LogP contribution in [0.25, 0.3) is 5.82 Å². The Balaban J connectivity index is 1.37. The lowest BCUT2D eigenvalue weighted by atomic mass is 9.97. The van der Waals surface area contributed by atoms with Crippen molar-refractivity contribution in [2.45, 2.75) is 12.8 Å². The van der Waals surface area contributed by atoms with Gasteiger partial charge in [0.1, 0.15) is 24.3 Å². The van der Waals surface area contributed by atoms with E-state index in [-0.39, 0.29) is 17.7 Å². The summed E-state index contributed by atoms with van der Waals surface area (Å²) in [4.78, 5) is 40.6. The molecule has 2 aliphatic rings. The zero-order valence-electron chi connectivity index (χ0n) is 14.4. The Morgan fingerprint density at radius 1 is 1.15 bits per heavy atom. The predicted octanol–water partition coefficient (Wildman–Crippen LogP) is -0.163. The number of amides is 2. The lowest BCUT2D eigenvalue weighted by Crippen LogP contribution is -2.52. The molecule has 4 heterocycles. The number of piperidine rings is 1. The maximum absolute atomic E-state index is 12.6. The number of aromatic nitrogens is 4. The molecule has 2 fully saturated rings. The fourth-order valence-electron chi connectivity index (χ4n) is 3.40. The standard InChI is InChI=1S/C17H21N7O2/c25-16-2-1-13(10-19-16)17(26)23-7-5-22(6-8-23)14-9-15(21-11-20-14)24-4-3-18-12-24/h3-4,9,11-13H,1-2,5-8,10H2,(H,19,25). The minimum atomic E-state index is -0.0915. The minimum Gasteiger partial charge on any atom is -0.355 e. The lowest BCUT2D eigenvalue weighted by molar-refractivity contribution is -0.137. The lowest BCUT2D eigenvalue weighted by Gasteiger charge is -2.37. The van der Waals surface area contributed by atoms with Gasteiger partial charge in [-0.1, -0.05) is 0 Å². The molecule has 4 rings (SSSR count). The van der Waals surface area contributed by atoms with Crippen LogP contribution in [0, 0.1) is 5.92 Å². The summed E-state index contributed by atoms with van der Waals surface area (Å²) >= 11 is 0. The van der Waals surface area contributed by atoms with Gasteiger partial charge < -0.3 is 15.1 Å². The highest BCUT2D eigenvalue weighted by Gasteiger charge is 2.30. The van der Waals surface area contributed by atoms with Gasteiger partial charge in [-0.3, -0.25) is 14.2 Å². The molecule has 1 N–H and O–H groups in total. The molecule has 2 aromatic heterocycles. The van der Waals surface area contributed by atoms with Crippen LogP contribution in [0.2, 0.25) is 0 Å². The Morgan fingerprint density at radius 3 is 2.65 bits per heavy atom. The number of hydrogen-bond donors (Lipinski definition) is 1. The first-order valence-corrected chi connectivity index (χ1v) is 8.81. The van der Waals surface area contributed by atoms with Gasteiger partial charge in [0.2, 0.25) is 11.8 Å². The summed E-state index contributed by atoms with van der Waals surface area (Å²) in [5.41, 5.74) is 0. The largest absolute Gasteiger partial charge is 0.355 e. The number of piperazine rings is 1. The van der Waals surface area contributed by atoms with Crippen LogP contribution < -0.4 is 10.2 Å². The average molecular weight is 355 g/mol. The van der Waals surface area contributed by atoms with E-state index in [1.165, 1.54) is 0 Å². The first-order chi connectivity index (χ1) is 12.7. The third kappa shape index (κ3) is 3.37. The fraction of sp³-hybridized carbons (Fsp3) is 0.471. The van der Waals surface area contributed by atoms with Gasteiger partial charge in [-0.15, -0.1) is 0 Å². The highest BCUT2D eigenvalue weighted by Crippen LogP contribution is 2.19. The summed E-state index contributed by atoms with van der Waals surface area (Å²) < 4.78 is 1.84. The van der Waals surface area contributed by atoms with Crippen molar-refractivity contribution in [1.29, 1.82) is 0 Å². The van der Waals surface area contributed by atoms with E-state index in [1.54, 1.807) is 18.9 Å². The van der Waals surface area contributed by atoms with E-state index in [2.05, 4.69) is 25.2 Å². The number of nitrogens with one attached hydrogen (secondary N) is 1. The van der Waals surface area contributed by atoms with Crippen molar-refractivity contribution in [3.8, 4) is 5.82 Å². The number of carbonyl (C=O) groups is 2. The molecule has 2 amide bonds. The normalized spacial score (nSPS) is 20.8. The third-order valence-electron chi connectivity index (χ3n) is 4.94. The van der Waals surface area contributed by atoms with Crippen LogP contribution in [0.1, 0.15) is 12.8 Å². The van der Waals surface area contributed by atoms with Gasteiger partial charge in [-0.2, -0.15) is 0 Å². The van der Waals surface area contributed by atoms with Gasteiger partial charge in [0.25, 0.3) is 0 Å². The van der Waals surface area contributed by atoms with Gasteiger partial charge in [0, 0.05) is 57.6 Å². The Labute approximate surface area is 151 Å². The minimum absolute atomic E-state index is 0.0383. The van der Waals surface area contributed by atoms with Crippen molar-refractivity contribution in [3.05, 3.63) is 31.1 Å². The molecule has 0 aliphatic carbocycles. The number of nitrogens with zero attached hydrogens (tertiary/aromatic N) is 6. The first-order valence-electron chi connectivity index (χ1n) is 8.81. The monoisotopic (exact) mass is 355 g/mol. The summed E-state index contributed by atoms with van der Waals surface area (Å²) in [6.07, 6.45) is 7.88. The summed E-state index contributed by atoms with van der Waals surface area (Å²) in [6, 6.07) is 1.93. The summed E-state index contributed by atoms with van der Waals surface area (Å²) in [6.45, 7) is 3.23. The number of carbonyl (C=O) groups excluding carboxylic acids is 2. The Bertz CT molecular complexity index is 774. The van der Waals surface area contributed by atoms with Crippen LogP contribution in [0.4, 0.5) is 5.82 Å². The summed E-state index contributed by atoms with van der Waals surface area (Å²) in [5.74, 6) is 1.71. The molecule has 0 bridgehead atoms. The van der Waals surface area contributed by atoms with Crippen LogP contribution in [0.3, 0.4) is 0 Å². The fourth-order valence-corrected chi connectivity index (χ4v) is 3.40. The zero-order chi connectivity index (χ0) is 17.9. The highest BCUT2D eigenvalue weighted by atomic mass is 16.2. The quantitative estimate of drug-likeness (QED) is 0.822. The summed E-state index contributed by atoms with van der Waals surface area (Å²) in [5, 5.41) is 2.79. The molecule has 0 saturated carbocycles. The molecule has 2 aromatic rings. The van der Waals surface area contributed by atoms with Crippen LogP contribution >= 0.6 is 0 Å². The van der Waals surface area contributed by atoms with E-state index in [9.17, 15) is 9.59 Å². The van der Waals surface area contributed by atoms with Crippen molar-refractivity contribution in [2.75, 3.05) is 37.6 Å². The van der Waals surface area contributed by atoms with Crippen molar-refractivity contribution in [2.24, 2.45) is 5.92 Å². The van der Waals surface area contributed by atoms with Gasteiger partial charge in [-0.25, -0.2) is 15.0 Å². The average Bonchev–Trinajstić information content (AvgIpc) is 3.23. The van der Waals surface area contributed by atoms with Crippen LogP contribution in [0.5, 0.6) is 0 Å². The molecule has 2 aliphatic heterocycles. The summed E-state index contributed by atoms with van der Waals surface area (Å²) in [7, 11) is 0. The molecular formula is C17H21N7O2. The van der Waals surface area contributed by atoms with Gasteiger partial charge >= 0.3 is 0 Å².